The van der Waals surface area contributed by atoms with Gasteiger partial charge in [-0.15, -0.1) is 12.4 Å². The van der Waals surface area contributed by atoms with Crippen LogP contribution in [-0.2, 0) is 16.0 Å². The molecule has 3 atom stereocenters. The van der Waals surface area contributed by atoms with Gasteiger partial charge in [-0.25, -0.2) is 0 Å². The van der Waals surface area contributed by atoms with Gasteiger partial charge in [-0.2, -0.15) is 0 Å². The molecule has 4 nitrogen and oxygen atoms in total. The summed E-state index contributed by atoms with van der Waals surface area (Å²) in [5, 5.41) is 2.95. The molecule has 0 saturated carbocycles. The minimum atomic E-state index is -0.508. The number of halogens is 1. The van der Waals surface area contributed by atoms with Crippen LogP contribution in [0.3, 0.4) is 0 Å². The number of hydrogen-bond acceptors (Lipinski definition) is 3. The number of benzene rings is 1. The molecule has 0 bridgehead atoms. The average Bonchev–Trinajstić information content (AvgIpc) is 2.93. The highest BCUT2D eigenvalue weighted by molar-refractivity contribution is 5.85. The van der Waals surface area contributed by atoms with Crippen molar-refractivity contribution in [1.29, 1.82) is 0 Å². The zero-order valence-electron chi connectivity index (χ0n) is 11.7. The topological polar surface area (TPSA) is 64.4 Å². The number of hydrogen-bond donors (Lipinski definition) is 2. The summed E-state index contributed by atoms with van der Waals surface area (Å²) in [4.78, 5) is 12.0. The lowest BCUT2D eigenvalue weighted by Crippen LogP contribution is -2.49. The summed E-state index contributed by atoms with van der Waals surface area (Å²) >= 11 is 0. The highest BCUT2D eigenvalue weighted by atomic mass is 35.5. The van der Waals surface area contributed by atoms with Crippen LogP contribution in [0.1, 0.15) is 25.3 Å². The van der Waals surface area contributed by atoms with Crippen molar-refractivity contribution in [2.75, 3.05) is 6.61 Å². The Morgan fingerprint density at radius 1 is 1.45 bits per heavy atom. The molecule has 1 aliphatic heterocycles. The smallest absolute Gasteiger partial charge is 0.237 e. The van der Waals surface area contributed by atoms with Crippen LogP contribution in [0.4, 0.5) is 0 Å². The Morgan fingerprint density at radius 2 is 2.15 bits per heavy atom. The fourth-order valence-electron chi connectivity index (χ4n) is 2.38. The molecule has 1 aromatic rings. The zero-order chi connectivity index (χ0) is 13.7. The van der Waals surface area contributed by atoms with Gasteiger partial charge in [0.05, 0.1) is 18.2 Å². The second kappa shape index (κ2) is 8.25. The van der Waals surface area contributed by atoms with Crippen LogP contribution in [0.5, 0.6) is 0 Å². The highest BCUT2D eigenvalue weighted by Crippen LogP contribution is 2.15. The SMILES string of the molecule is CC(NC(=O)C(N)Cc1ccccc1)C1CCCO1.Cl. The summed E-state index contributed by atoms with van der Waals surface area (Å²) in [5.41, 5.74) is 7.02. The molecular formula is C15H23ClN2O2. The molecule has 1 heterocycles. The van der Waals surface area contributed by atoms with Crippen LogP contribution >= 0.6 is 12.4 Å². The van der Waals surface area contributed by atoms with E-state index in [4.69, 9.17) is 10.5 Å². The number of rotatable bonds is 5. The molecule has 3 N–H and O–H groups in total. The van der Waals surface area contributed by atoms with E-state index in [1.807, 2.05) is 37.3 Å². The molecular weight excluding hydrogens is 276 g/mol. The van der Waals surface area contributed by atoms with Crippen molar-refractivity contribution in [3.8, 4) is 0 Å². The normalized spacial score (nSPS) is 20.8. The van der Waals surface area contributed by atoms with Crippen molar-refractivity contribution in [2.45, 2.75) is 44.4 Å². The molecule has 1 saturated heterocycles. The van der Waals surface area contributed by atoms with Crippen LogP contribution in [0.25, 0.3) is 0 Å². The standard InChI is InChI=1S/C15H22N2O2.ClH/c1-11(14-8-5-9-19-14)17-15(18)13(16)10-12-6-3-2-4-7-12;/h2-4,6-7,11,13-14H,5,8-10,16H2,1H3,(H,17,18);1H. The first-order valence-corrected chi connectivity index (χ1v) is 6.88. The monoisotopic (exact) mass is 298 g/mol. The Morgan fingerprint density at radius 3 is 2.75 bits per heavy atom. The molecule has 112 valence electrons. The maximum atomic E-state index is 12.0. The summed E-state index contributed by atoms with van der Waals surface area (Å²) in [6, 6.07) is 9.34. The fraction of sp³-hybridized carbons (Fsp3) is 0.533. The van der Waals surface area contributed by atoms with Crippen molar-refractivity contribution in [3.63, 3.8) is 0 Å². The number of carbonyl (C=O) groups is 1. The highest BCUT2D eigenvalue weighted by Gasteiger charge is 2.25. The summed E-state index contributed by atoms with van der Waals surface area (Å²) in [6.07, 6.45) is 2.77. The van der Waals surface area contributed by atoms with E-state index in [1.54, 1.807) is 0 Å². The van der Waals surface area contributed by atoms with E-state index in [-0.39, 0.29) is 30.5 Å². The second-order valence-electron chi connectivity index (χ2n) is 5.14. The van der Waals surface area contributed by atoms with E-state index >= 15 is 0 Å². The van der Waals surface area contributed by atoms with Crippen molar-refractivity contribution in [1.82, 2.24) is 5.32 Å². The van der Waals surface area contributed by atoms with Crippen molar-refractivity contribution in [2.24, 2.45) is 5.73 Å². The largest absolute Gasteiger partial charge is 0.376 e. The number of nitrogens with one attached hydrogen (secondary N) is 1. The third kappa shape index (κ3) is 4.78. The molecule has 3 unspecified atom stereocenters. The summed E-state index contributed by atoms with van der Waals surface area (Å²) in [7, 11) is 0. The molecule has 0 aromatic heterocycles. The van der Waals surface area contributed by atoms with Crippen molar-refractivity contribution < 1.29 is 9.53 Å². The van der Waals surface area contributed by atoms with Gasteiger partial charge in [0.25, 0.3) is 0 Å². The minimum Gasteiger partial charge on any atom is -0.376 e. The van der Waals surface area contributed by atoms with E-state index < -0.39 is 6.04 Å². The zero-order valence-corrected chi connectivity index (χ0v) is 12.6. The molecule has 0 spiro atoms. The maximum Gasteiger partial charge on any atom is 0.237 e. The summed E-state index contributed by atoms with van der Waals surface area (Å²) < 4.78 is 5.56. The van der Waals surface area contributed by atoms with Crippen LogP contribution in [0.2, 0.25) is 0 Å². The Bertz CT molecular complexity index is 408. The first kappa shape index (κ1) is 17.0. The third-order valence-corrected chi connectivity index (χ3v) is 3.53. The minimum absolute atomic E-state index is 0. The Kier molecular flexibility index (Phi) is 6.99. The Hall–Kier alpha value is -1.10. The summed E-state index contributed by atoms with van der Waals surface area (Å²) in [5.74, 6) is -0.105. The van der Waals surface area contributed by atoms with Gasteiger partial charge in [-0.3, -0.25) is 4.79 Å². The third-order valence-electron chi connectivity index (χ3n) is 3.53. The van der Waals surface area contributed by atoms with Crippen LogP contribution in [-0.4, -0.2) is 30.7 Å². The van der Waals surface area contributed by atoms with E-state index in [9.17, 15) is 4.79 Å². The number of carbonyl (C=O) groups excluding carboxylic acids is 1. The van der Waals surface area contributed by atoms with Crippen LogP contribution < -0.4 is 11.1 Å². The number of nitrogens with two attached hydrogens (primary N) is 1. The molecule has 20 heavy (non-hydrogen) atoms. The summed E-state index contributed by atoms with van der Waals surface area (Å²) in [6.45, 7) is 2.77. The molecule has 0 aliphatic carbocycles. The van der Waals surface area contributed by atoms with Gasteiger partial charge < -0.3 is 15.8 Å². The lowest BCUT2D eigenvalue weighted by atomic mass is 10.0. The van der Waals surface area contributed by atoms with Crippen LogP contribution in [0.15, 0.2) is 30.3 Å². The molecule has 0 radical (unpaired) electrons. The number of ether oxygens (including phenoxy) is 1. The molecule has 1 aliphatic rings. The van der Waals surface area contributed by atoms with E-state index in [0.29, 0.717) is 6.42 Å². The van der Waals surface area contributed by atoms with Crippen LogP contribution in [0, 0.1) is 0 Å². The van der Waals surface area contributed by atoms with E-state index in [2.05, 4.69) is 5.32 Å². The quantitative estimate of drug-likeness (QED) is 0.869. The molecule has 1 amide bonds. The molecule has 1 fully saturated rings. The van der Waals surface area contributed by atoms with Crippen molar-refractivity contribution >= 4 is 18.3 Å². The average molecular weight is 299 g/mol. The maximum absolute atomic E-state index is 12.0. The van der Waals surface area contributed by atoms with Gasteiger partial charge >= 0.3 is 0 Å². The lowest BCUT2D eigenvalue weighted by Gasteiger charge is -2.22. The molecule has 5 heteroatoms. The predicted octanol–water partition coefficient (Wildman–Crippen LogP) is 1.66. The van der Waals surface area contributed by atoms with E-state index in [1.165, 1.54) is 0 Å². The first-order valence-electron chi connectivity index (χ1n) is 6.88. The van der Waals surface area contributed by atoms with Gasteiger partial charge in [0, 0.05) is 6.61 Å². The predicted molar refractivity (Wildman–Crippen MR) is 81.9 cm³/mol. The van der Waals surface area contributed by atoms with Gasteiger partial charge in [0.15, 0.2) is 0 Å². The Balaban J connectivity index is 0.00000200. The molecule has 2 rings (SSSR count). The number of amides is 1. The van der Waals surface area contributed by atoms with Gasteiger partial charge in [0.2, 0.25) is 5.91 Å². The fourth-order valence-corrected chi connectivity index (χ4v) is 2.38. The van der Waals surface area contributed by atoms with Crippen molar-refractivity contribution in [3.05, 3.63) is 35.9 Å². The first-order chi connectivity index (χ1) is 9.16. The van der Waals surface area contributed by atoms with Gasteiger partial charge in [-0.1, -0.05) is 30.3 Å². The van der Waals surface area contributed by atoms with Gasteiger partial charge in [-0.05, 0) is 31.7 Å². The van der Waals surface area contributed by atoms with E-state index in [0.717, 1.165) is 25.0 Å². The lowest BCUT2D eigenvalue weighted by molar-refractivity contribution is -0.123. The Labute approximate surface area is 126 Å². The molecule has 1 aromatic carbocycles. The second-order valence-corrected chi connectivity index (χ2v) is 5.14. The van der Waals surface area contributed by atoms with Gasteiger partial charge in [0.1, 0.15) is 0 Å².